The summed E-state index contributed by atoms with van der Waals surface area (Å²) < 4.78 is 15.6. The number of rotatable bonds is 11. The van der Waals surface area contributed by atoms with Crippen LogP contribution in [0.1, 0.15) is 35.3 Å². The minimum atomic E-state index is -0.739. The highest BCUT2D eigenvalue weighted by molar-refractivity contribution is 6.30. The minimum absolute atomic E-state index is 0.0187. The van der Waals surface area contributed by atoms with Gasteiger partial charge < -0.3 is 21.7 Å². The molecule has 1 atom stereocenters. The Morgan fingerprint density at radius 3 is 2.54 bits per heavy atom. The van der Waals surface area contributed by atoms with Crippen molar-refractivity contribution < 1.29 is 23.6 Å². The number of para-hydroxylation sites is 1. The Bertz CT molecular complexity index is 1370. The Balaban J connectivity index is 1.56. The zero-order chi connectivity index (χ0) is 26.7. The van der Waals surface area contributed by atoms with E-state index >= 15 is 0 Å². The summed E-state index contributed by atoms with van der Waals surface area (Å²) >= 11 is 5.81. The topological polar surface area (TPSA) is 153 Å². The highest BCUT2D eigenvalue weighted by Crippen LogP contribution is 2.37. The predicted molar refractivity (Wildman–Crippen MR) is 134 cm³/mol. The Kier molecular flexibility index (Phi) is 7.72. The summed E-state index contributed by atoms with van der Waals surface area (Å²) in [7, 11) is 0. The van der Waals surface area contributed by atoms with E-state index in [1.54, 1.807) is 30.3 Å². The van der Waals surface area contributed by atoms with Crippen LogP contribution in [0.25, 0.3) is 10.9 Å². The molecule has 2 aromatic carbocycles. The molecule has 37 heavy (non-hydrogen) atoms. The van der Waals surface area contributed by atoms with Gasteiger partial charge in [-0.1, -0.05) is 41.9 Å². The molecule has 1 aliphatic rings. The van der Waals surface area contributed by atoms with E-state index < -0.39 is 35.5 Å². The van der Waals surface area contributed by atoms with Crippen LogP contribution in [0.15, 0.2) is 42.5 Å². The lowest BCUT2D eigenvalue weighted by molar-refractivity contribution is -0.140. The van der Waals surface area contributed by atoms with Crippen LogP contribution >= 0.6 is 11.6 Å². The van der Waals surface area contributed by atoms with Gasteiger partial charge >= 0.3 is 0 Å². The van der Waals surface area contributed by atoms with Crippen LogP contribution in [-0.4, -0.2) is 50.9 Å². The van der Waals surface area contributed by atoms with E-state index in [9.17, 15) is 23.6 Å². The van der Waals surface area contributed by atoms with Crippen molar-refractivity contribution in [1.29, 1.82) is 0 Å². The molecular formula is C25H26ClFN6O4. The lowest BCUT2D eigenvalue weighted by Crippen LogP contribution is -2.49. The van der Waals surface area contributed by atoms with Crippen molar-refractivity contribution in [3.8, 4) is 0 Å². The van der Waals surface area contributed by atoms with Crippen molar-refractivity contribution in [3.05, 3.63) is 64.6 Å². The van der Waals surface area contributed by atoms with Crippen LogP contribution in [0, 0.1) is 11.7 Å². The fourth-order valence-electron chi connectivity index (χ4n) is 4.35. The van der Waals surface area contributed by atoms with Gasteiger partial charge in [-0.05, 0) is 30.9 Å². The van der Waals surface area contributed by atoms with Crippen LogP contribution in [0.3, 0.4) is 0 Å². The lowest BCUT2D eigenvalue weighted by Gasteiger charge is -2.31. The minimum Gasteiger partial charge on any atom is -0.370 e. The van der Waals surface area contributed by atoms with Crippen molar-refractivity contribution in [2.24, 2.45) is 17.4 Å². The smallest absolute Gasteiger partial charge is 0.269 e. The summed E-state index contributed by atoms with van der Waals surface area (Å²) in [6, 6.07) is 10.7. The van der Waals surface area contributed by atoms with Crippen molar-refractivity contribution in [3.63, 3.8) is 0 Å². The summed E-state index contributed by atoms with van der Waals surface area (Å²) in [6.07, 6.45) is 1.46. The lowest BCUT2D eigenvalue weighted by atomic mass is 10.1. The molecular weight excluding hydrogens is 503 g/mol. The SMILES string of the molecule is NC(=O)CC(C1CC1)N(CC(=O)NCc1cccc(Cl)c1F)C(=O)Cn1nc(C(N)=O)c2ccccc21. The van der Waals surface area contributed by atoms with E-state index in [1.807, 2.05) is 0 Å². The molecule has 1 fully saturated rings. The average Bonchev–Trinajstić information content (AvgIpc) is 3.63. The van der Waals surface area contributed by atoms with Crippen LogP contribution in [-0.2, 0) is 27.5 Å². The van der Waals surface area contributed by atoms with Gasteiger partial charge in [0.25, 0.3) is 5.91 Å². The van der Waals surface area contributed by atoms with E-state index in [4.69, 9.17) is 23.1 Å². The van der Waals surface area contributed by atoms with E-state index in [2.05, 4.69) is 10.4 Å². The monoisotopic (exact) mass is 528 g/mol. The summed E-state index contributed by atoms with van der Waals surface area (Å²) in [5.74, 6) is -3.01. The number of nitrogens with zero attached hydrogens (tertiary/aromatic N) is 3. The number of benzene rings is 2. The molecule has 1 aromatic heterocycles. The normalized spacial score (nSPS) is 13.8. The maximum Gasteiger partial charge on any atom is 0.269 e. The van der Waals surface area contributed by atoms with Crippen LogP contribution in [0.4, 0.5) is 4.39 Å². The average molecular weight is 529 g/mol. The van der Waals surface area contributed by atoms with Gasteiger partial charge in [-0.3, -0.25) is 23.9 Å². The second kappa shape index (κ2) is 11.0. The summed E-state index contributed by atoms with van der Waals surface area (Å²) in [6.45, 7) is -0.813. The number of nitrogens with two attached hydrogens (primary N) is 2. The summed E-state index contributed by atoms with van der Waals surface area (Å²) in [5, 5.41) is 7.24. The Morgan fingerprint density at radius 1 is 1.14 bits per heavy atom. The van der Waals surface area contributed by atoms with Crippen LogP contribution in [0.2, 0.25) is 5.02 Å². The zero-order valence-corrected chi connectivity index (χ0v) is 20.6. The van der Waals surface area contributed by atoms with Crippen molar-refractivity contribution in [1.82, 2.24) is 20.0 Å². The third kappa shape index (κ3) is 6.05. The number of carbonyl (C=O) groups excluding carboxylic acids is 4. The number of nitrogens with one attached hydrogen (secondary N) is 1. The van der Waals surface area contributed by atoms with Gasteiger partial charge in [-0.25, -0.2) is 4.39 Å². The highest BCUT2D eigenvalue weighted by Gasteiger charge is 2.39. The quantitative estimate of drug-likeness (QED) is 0.346. The van der Waals surface area contributed by atoms with Gasteiger partial charge in [0, 0.05) is 30.0 Å². The Morgan fingerprint density at radius 2 is 1.86 bits per heavy atom. The summed E-state index contributed by atoms with van der Waals surface area (Å²) in [4.78, 5) is 51.4. The van der Waals surface area contributed by atoms with Crippen molar-refractivity contribution in [2.45, 2.75) is 38.4 Å². The molecule has 0 bridgehead atoms. The Labute approximate surface area is 216 Å². The molecule has 1 unspecified atom stereocenters. The molecule has 0 saturated heterocycles. The summed E-state index contributed by atoms with van der Waals surface area (Å²) in [5.41, 5.74) is 11.6. The third-order valence-corrected chi connectivity index (χ3v) is 6.59. The van der Waals surface area contributed by atoms with Crippen LogP contribution < -0.4 is 16.8 Å². The van der Waals surface area contributed by atoms with Gasteiger partial charge in [-0.2, -0.15) is 5.10 Å². The molecule has 4 rings (SSSR count). The fraction of sp³-hybridized carbons (Fsp3) is 0.320. The number of fused-ring (bicyclic) bond motifs is 1. The molecule has 0 radical (unpaired) electrons. The number of carbonyl (C=O) groups is 4. The number of hydrogen-bond donors (Lipinski definition) is 3. The van der Waals surface area contributed by atoms with E-state index in [1.165, 1.54) is 21.7 Å². The fourth-order valence-corrected chi connectivity index (χ4v) is 4.54. The molecule has 1 saturated carbocycles. The van der Waals surface area contributed by atoms with Gasteiger partial charge in [0.1, 0.15) is 12.4 Å². The maximum atomic E-state index is 14.2. The first-order chi connectivity index (χ1) is 17.7. The van der Waals surface area contributed by atoms with Gasteiger partial charge in [0.15, 0.2) is 5.69 Å². The Hall–Kier alpha value is -3.99. The first-order valence-electron chi connectivity index (χ1n) is 11.7. The second-order valence-electron chi connectivity index (χ2n) is 8.97. The molecule has 0 spiro atoms. The standard InChI is InChI=1S/C25H26ClFN6O4/c26-17-6-3-4-15(23(17)27)11-30-21(35)12-32(19(10-20(28)34)14-8-9-14)22(36)13-33-18-7-2-1-5-16(18)24(31-33)25(29)37/h1-7,14,19H,8-13H2,(H2,28,34)(H2,29,37)(H,30,35). The van der Waals surface area contributed by atoms with E-state index in [0.29, 0.717) is 10.9 Å². The molecule has 4 amide bonds. The third-order valence-electron chi connectivity index (χ3n) is 6.30. The van der Waals surface area contributed by atoms with Gasteiger partial charge in [0.2, 0.25) is 17.7 Å². The van der Waals surface area contributed by atoms with Crippen molar-refractivity contribution >= 4 is 46.1 Å². The number of amides is 4. The molecule has 3 aromatic rings. The zero-order valence-electron chi connectivity index (χ0n) is 19.8. The largest absolute Gasteiger partial charge is 0.370 e. The molecule has 5 N–H and O–H groups in total. The first kappa shape index (κ1) is 26.1. The second-order valence-corrected chi connectivity index (χ2v) is 9.38. The first-order valence-corrected chi connectivity index (χ1v) is 12.1. The van der Waals surface area contributed by atoms with Gasteiger partial charge in [-0.15, -0.1) is 0 Å². The van der Waals surface area contributed by atoms with E-state index in [0.717, 1.165) is 12.8 Å². The molecule has 10 nitrogen and oxygen atoms in total. The van der Waals surface area contributed by atoms with E-state index in [-0.39, 0.29) is 48.3 Å². The highest BCUT2D eigenvalue weighted by atomic mass is 35.5. The number of aromatic nitrogens is 2. The maximum absolute atomic E-state index is 14.2. The number of primary amides is 2. The molecule has 1 heterocycles. The number of halogens is 2. The number of hydrogen-bond acceptors (Lipinski definition) is 5. The predicted octanol–water partition coefficient (Wildman–Crippen LogP) is 1.73. The molecule has 1 aliphatic carbocycles. The molecule has 0 aliphatic heterocycles. The van der Waals surface area contributed by atoms with Gasteiger partial charge in [0.05, 0.1) is 17.1 Å². The van der Waals surface area contributed by atoms with Crippen molar-refractivity contribution in [2.75, 3.05) is 6.54 Å². The molecule has 194 valence electrons. The molecule has 12 heteroatoms. The van der Waals surface area contributed by atoms with Crippen LogP contribution in [0.5, 0.6) is 0 Å².